The maximum Gasteiger partial charge on any atom is 0.326 e. The summed E-state index contributed by atoms with van der Waals surface area (Å²) >= 11 is 0. The molecule has 13 N–H and O–H groups in total. The Morgan fingerprint density at radius 1 is 0.761 bits per heavy atom. The van der Waals surface area contributed by atoms with Crippen LogP contribution in [0.3, 0.4) is 0 Å². The fourth-order valence-corrected chi connectivity index (χ4v) is 3.97. The van der Waals surface area contributed by atoms with Gasteiger partial charge in [0.05, 0.1) is 25.6 Å². The van der Waals surface area contributed by atoms with Crippen molar-refractivity contribution >= 4 is 47.3 Å². The molecule has 7 amide bonds. The fourth-order valence-electron chi connectivity index (χ4n) is 3.97. The SMILES string of the molecule is CC(C)[C@H](NC(=O)[C@H](CO)NC(=O)CNC(=O)[C@H](Cc1ccccc1)NC(=O)[C@@H](N)CC(N)=O)C(=O)N[C@@H](CCC(N)=O)C(=O)O. The van der Waals surface area contributed by atoms with E-state index >= 15 is 0 Å². The van der Waals surface area contributed by atoms with Gasteiger partial charge in [-0.05, 0) is 17.9 Å². The van der Waals surface area contributed by atoms with Gasteiger partial charge in [-0.15, -0.1) is 0 Å². The summed E-state index contributed by atoms with van der Waals surface area (Å²) in [6, 6.07) is 1.67. The maximum atomic E-state index is 13.0. The van der Waals surface area contributed by atoms with Crippen LogP contribution >= 0.6 is 0 Å². The molecule has 0 aliphatic heterocycles. The minimum atomic E-state index is -1.57. The third-order valence-corrected chi connectivity index (χ3v) is 6.47. The smallest absolute Gasteiger partial charge is 0.326 e. The van der Waals surface area contributed by atoms with Crippen LogP contribution in [0.25, 0.3) is 0 Å². The molecule has 5 atom stereocenters. The van der Waals surface area contributed by atoms with Gasteiger partial charge >= 0.3 is 5.97 Å². The van der Waals surface area contributed by atoms with Crippen LogP contribution in [-0.4, -0.2) is 101 Å². The summed E-state index contributed by atoms with van der Waals surface area (Å²) in [5.41, 5.74) is 16.5. The summed E-state index contributed by atoms with van der Waals surface area (Å²) in [7, 11) is 0. The van der Waals surface area contributed by atoms with Gasteiger partial charge in [0.1, 0.15) is 24.2 Å². The highest BCUT2D eigenvalue weighted by Crippen LogP contribution is 2.07. The molecular formula is C28H42N8O10. The van der Waals surface area contributed by atoms with Crippen molar-refractivity contribution in [2.45, 2.75) is 69.7 Å². The largest absolute Gasteiger partial charge is 0.480 e. The number of aliphatic hydroxyl groups is 1. The van der Waals surface area contributed by atoms with Crippen molar-refractivity contribution in [3.8, 4) is 0 Å². The summed E-state index contributed by atoms with van der Waals surface area (Å²) in [6.07, 6.45) is -1.07. The first-order chi connectivity index (χ1) is 21.5. The lowest BCUT2D eigenvalue weighted by atomic mass is 10.0. The Balaban J connectivity index is 2.88. The molecule has 0 aromatic heterocycles. The highest BCUT2D eigenvalue weighted by Gasteiger charge is 2.32. The summed E-state index contributed by atoms with van der Waals surface area (Å²) in [5.74, 6) is -8.02. The average Bonchev–Trinajstić information content (AvgIpc) is 2.98. The fraction of sp³-hybridized carbons (Fsp3) is 0.500. The van der Waals surface area contributed by atoms with Gasteiger partial charge < -0.3 is 54.0 Å². The number of carboxylic acid groups (broad SMARTS) is 1. The first-order valence-electron chi connectivity index (χ1n) is 14.2. The second kappa shape index (κ2) is 19.3. The van der Waals surface area contributed by atoms with Crippen molar-refractivity contribution in [1.82, 2.24) is 26.6 Å². The number of carbonyl (C=O) groups excluding carboxylic acids is 7. The van der Waals surface area contributed by atoms with E-state index in [1.54, 1.807) is 44.2 Å². The average molecular weight is 651 g/mol. The molecule has 0 bridgehead atoms. The second-order valence-corrected chi connectivity index (χ2v) is 10.7. The van der Waals surface area contributed by atoms with E-state index < -0.39 is 103 Å². The number of benzene rings is 1. The Hall–Kier alpha value is -5.10. The van der Waals surface area contributed by atoms with E-state index in [1.807, 2.05) is 0 Å². The molecule has 254 valence electrons. The van der Waals surface area contributed by atoms with Crippen LogP contribution in [0.1, 0.15) is 38.7 Å². The zero-order chi connectivity index (χ0) is 35.0. The molecule has 0 aliphatic rings. The van der Waals surface area contributed by atoms with Gasteiger partial charge in [0.25, 0.3) is 0 Å². The molecule has 1 aromatic carbocycles. The summed E-state index contributed by atoms with van der Waals surface area (Å²) in [6.45, 7) is 1.51. The molecule has 0 radical (unpaired) electrons. The van der Waals surface area contributed by atoms with E-state index in [0.29, 0.717) is 5.56 Å². The van der Waals surface area contributed by atoms with Gasteiger partial charge in [-0.25, -0.2) is 4.79 Å². The molecule has 0 heterocycles. The number of nitrogens with one attached hydrogen (secondary N) is 5. The van der Waals surface area contributed by atoms with Crippen molar-refractivity contribution in [1.29, 1.82) is 0 Å². The van der Waals surface area contributed by atoms with Crippen molar-refractivity contribution < 1.29 is 48.6 Å². The number of carbonyl (C=O) groups is 8. The van der Waals surface area contributed by atoms with E-state index in [4.69, 9.17) is 17.2 Å². The van der Waals surface area contributed by atoms with Crippen LogP contribution in [-0.2, 0) is 44.8 Å². The molecular weight excluding hydrogens is 608 g/mol. The highest BCUT2D eigenvalue weighted by atomic mass is 16.4. The molecule has 1 aromatic rings. The Labute approximate surface area is 264 Å². The number of primary amides is 2. The molecule has 0 unspecified atom stereocenters. The van der Waals surface area contributed by atoms with Crippen molar-refractivity contribution in [2.75, 3.05) is 13.2 Å². The lowest BCUT2D eigenvalue weighted by molar-refractivity contribution is -0.143. The first kappa shape index (κ1) is 38.9. The molecule has 0 saturated heterocycles. The van der Waals surface area contributed by atoms with Crippen LogP contribution in [0.15, 0.2) is 30.3 Å². The minimum Gasteiger partial charge on any atom is -0.480 e. The first-order valence-corrected chi connectivity index (χ1v) is 14.2. The van der Waals surface area contributed by atoms with Crippen LogP contribution < -0.4 is 43.8 Å². The summed E-state index contributed by atoms with van der Waals surface area (Å²) in [4.78, 5) is 97.3. The zero-order valence-electron chi connectivity index (χ0n) is 25.5. The van der Waals surface area contributed by atoms with Crippen LogP contribution in [0.4, 0.5) is 0 Å². The quantitative estimate of drug-likeness (QED) is 0.0641. The lowest BCUT2D eigenvalue weighted by Crippen LogP contribution is -2.59. The molecule has 0 aliphatic carbocycles. The number of carboxylic acids is 1. The van der Waals surface area contributed by atoms with E-state index in [9.17, 15) is 48.6 Å². The Bertz CT molecular complexity index is 1260. The standard InChI is InChI=1S/C28H42N8O10/c1-14(2)23(27(44)34-17(28(45)46)8-9-20(30)38)36-26(43)19(13-37)33-22(40)12-32-25(42)18(10-15-6-4-3-5-7-15)35-24(41)16(29)11-21(31)39/h3-7,14,16-19,23,37H,8-13,29H2,1-2H3,(H2,30,38)(H2,31,39)(H,32,42)(H,33,40)(H,34,44)(H,35,41)(H,36,43)(H,45,46)/t16-,17-,18-,19-,23-/m0/s1. The van der Waals surface area contributed by atoms with Crippen molar-refractivity contribution in [3.63, 3.8) is 0 Å². The number of hydrogen-bond acceptors (Lipinski definition) is 10. The summed E-state index contributed by atoms with van der Waals surface area (Å²) < 4.78 is 0. The number of hydrogen-bond donors (Lipinski definition) is 10. The van der Waals surface area contributed by atoms with Crippen LogP contribution in [0, 0.1) is 5.92 Å². The topological polar surface area (TPSA) is 315 Å². The minimum absolute atomic E-state index is 0.00504. The number of aliphatic hydroxyl groups excluding tert-OH is 1. The van der Waals surface area contributed by atoms with Gasteiger partial charge in [0.15, 0.2) is 0 Å². The molecule has 18 heteroatoms. The molecule has 0 saturated carbocycles. The van der Waals surface area contributed by atoms with E-state index in [1.165, 1.54) is 0 Å². The van der Waals surface area contributed by atoms with Gasteiger partial charge in [-0.2, -0.15) is 0 Å². The third-order valence-electron chi connectivity index (χ3n) is 6.47. The van der Waals surface area contributed by atoms with Gasteiger partial charge in [0.2, 0.25) is 41.4 Å². The number of aliphatic carboxylic acids is 1. The van der Waals surface area contributed by atoms with Crippen molar-refractivity contribution in [2.24, 2.45) is 23.1 Å². The van der Waals surface area contributed by atoms with Crippen LogP contribution in [0.5, 0.6) is 0 Å². The normalized spacial score (nSPS) is 14.0. The van der Waals surface area contributed by atoms with Crippen molar-refractivity contribution in [3.05, 3.63) is 35.9 Å². The lowest BCUT2D eigenvalue weighted by Gasteiger charge is -2.26. The van der Waals surface area contributed by atoms with E-state index in [0.717, 1.165) is 0 Å². The monoisotopic (exact) mass is 650 g/mol. The Morgan fingerprint density at radius 2 is 1.37 bits per heavy atom. The molecule has 46 heavy (non-hydrogen) atoms. The number of rotatable bonds is 20. The molecule has 18 nitrogen and oxygen atoms in total. The Kier molecular flexibility index (Phi) is 16.3. The molecule has 0 spiro atoms. The van der Waals surface area contributed by atoms with Gasteiger partial charge in [0, 0.05) is 12.8 Å². The Morgan fingerprint density at radius 3 is 1.89 bits per heavy atom. The van der Waals surface area contributed by atoms with Gasteiger partial charge in [-0.3, -0.25) is 33.6 Å². The molecule has 1 rings (SSSR count). The highest BCUT2D eigenvalue weighted by molar-refractivity contribution is 5.96. The van der Waals surface area contributed by atoms with Gasteiger partial charge in [-0.1, -0.05) is 44.2 Å². The van der Waals surface area contributed by atoms with E-state index in [-0.39, 0.29) is 19.3 Å². The predicted octanol–water partition coefficient (Wildman–Crippen LogP) is -4.51. The predicted molar refractivity (Wildman–Crippen MR) is 161 cm³/mol. The third kappa shape index (κ3) is 14.1. The van der Waals surface area contributed by atoms with E-state index in [2.05, 4.69) is 26.6 Å². The van der Waals surface area contributed by atoms with Crippen LogP contribution in [0.2, 0.25) is 0 Å². The zero-order valence-corrected chi connectivity index (χ0v) is 25.5. The second-order valence-electron chi connectivity index (χ2n) is 10.7. The summed E-state index contributed by atoms with van der Waals surface area (Å²) in [5, 5.41) is 30.6. The number of nitrogens with two attached hydrogens (primary N) is 3. The molecule has 0 fully saturated rings. The number of amides is 7. The maximum absolute atomic E-state index is 13.0.